The Morgan fingerprint density at radius 2 is 1.98 bits per heavy atom. The van der Waals surface area contributed by atoms with Crippen molar-refractivity contribution >= 4 is 35.0 Å². The van der Waals surface area contributed by atoms with Gasteiger partial charge in [0, 0.05) is 25.0 Å². The van der Waals surface area contributed by atoms with Gasteiger partial charge in [-0.2, -0.15) is 0 Å². The first-order chi connectivity index (χ1) is 19.7. The average molecular weight is 591 g/mol. The molecule has 0 radical (unpaired) electrons. The normalized spacial score (nSPS) is 24.6. The topological polar surface area (TPSA) is 117 Å². The lowest BCUT2D eigenvalue weighted by Gasteiger charge is -2.30. The molecule has 5 unspecified atom stereocenters. The summed E-state index contributed by atoms with van der Waals surface area (Å²) in [6.45, 7) is 5.90. The van der Waals surface area contributed by atoms with Crippen molar-refractivity contribution < 1.29 is 28.1 Å². The molecule has 2 aromatic heterocycles. The van der Waals surface area contributed by atoms with Crippen molar-refractivity contribution in [2.45, 2.75) is 81.6 Å². The van der Waals surface area contributed by atoms with Gasteiger partial charge in [0.25, 0.3) is 0 Å². The molecule has 3 aromatic rings. The van der Waals surface area contributed by atoms with E-state index < -0.39 is 17.4 Å². The molecule has 5 atom stereocenters. The SMILES string of the molecule is CCCSc1nc(N=CC2CC2c2ccc(F)c(F)c2)c2nnn(C3CC(OCCO)C(OC(C)(C)OC)C3)c2n1. The summed E-state index contributed by atoms with van der Waals surface area (Å²) < 4.78 is 46.5. The van der Waals surface area contributed by atoms with Gasteiger partial charge < -0.3 is 19.3 Å². The number of aliphatic hydroxyl groups is 1. The fourth-order valence-corrected chi connectivity index (χ4v) is 5.80. The van der Waals surface area contributed by atoms with Gasteiger partial charge in [-0.3, -0.25) is 0 Å². The third-order valence-electron chi connectivity index (χ3n) is 7.44. The highest BCUT2D eigenvalue weighted by atomic mass is 32.2. The number of benzene rings is 1. The summed E-state index contributed by atoms with van der Waals surface area (Å²) in [6, 6.07) is 3.92. The molecule has 41 heavy (non-hydrogen) atoms. The highest BCUT2D eigenvalue weighted by Crippen LogP contribution is 2.47. The van der Waals surface area contributed by atoms with Gasteiger partial charge in [-0.05, 0) is 63.1 Å². The highest BCUT2D eigenvalue weighted by Gasteiger charge is 2.41. The van der Waals surface area contributed by atoms with Crippen molar-refractivity contribution in [3.63, 3.8) is 0 Å². The molecule has 222 valence electrons. The van der Waals surface area contributed by atoms with Crippen molar-refractivity contribution in [1.29, 1.82) is 0 Å². The minimum Gasteiger partial charge on any atom is -0.394 e. The van der Waals surface area contributed by atoms with E-state index in [9.17, 15) is 13.9 Å². The number of rotatable bonds is 13. The minimum absolute atomic E-state index is 0.0819. The zero-order chi connectivity index (χ0) is 29.1. The van der Waals surface area contributed by atoms with E-state index in [4.69, 9.17) is 19.2 Å². The van der Waals surface area contributed by atoms with E-state index in [0.29, 0.717) is 35.0 Å². The van der Waals surface area contributed by atoms with Gasteiger partial charge in [0.15, 0.2) is 39.6 Å². The molecule has 0 saturated heterocycles. The molecule has 1 aromatic carbocycles. The molecule has 5 rings (SSSR count). The quantitative estimate of drug-likeness (QED) is 0.127. The summed E-state index contributed by atoms with van der Waals surface area (Å²) in [5.41, 5.74) is 1.82. The number of thioether (sulfide) groups is 1. The van der Waals surface area contributed by atoms with Gasteiger partial charge in [0.1, 0.15) is 0 Å². The van der Waals surface area contributed by atoms with Crippen LogP contribution in [0.5, 0.6) is 0 Å². The van der Waals surface area contributed by atoms with E-state index in [1.54, 1.807) is 29.6 Å². The number of halogens is 2. The van der Waals surface area contributed by atoms with Gasteiger partial charge in [-0.15, -0.1) is 5.10 Å². The van der Waals surface area contributed by atoms with Gasteiger partial charge >= 0.3 is 0 Å². The smallest absolute Gasteiger partial charge is 0.191 e. The molecule has 0 spiro atoms. The van der Waals surface area contributed by atoms with Crippen LogP contribution in [-0.4, -0.2) is 80.4 Å². The predicted molar refractivity (Wildman–Crippen MR) is 151 cm³/mol. The van der Waals surface area contributed by atoms with Crippen LogP contribution in [0.2, 0.25) is 0 Å². The van der Waals surface area contributed by atoms with Crippen LogP contribution in [-0.2, 0) is 14.2 Å². The number of nitrogens with zero attached hydrogens (tertiary/aromatic N) is 6. The molecule has 2 aliphatic carbocycles. The Bertz CT molecular complexity index is 1390. The Morgan fingerprint density at radius 1 is 1.17 bits per heavy atom. The average Bonchev–Trinajstić information content (AvgIpc) is 3.44. The molecule has 13 heteroatoms. The van der Waals surface area contributed by atoms with Crippen LogP contribution >= 0.6 is 11.8 Å². The van der Waals surface area contributed by atoms with Crippen LogP contribution in [0, 0.1) is 17.6 Å². The lowest BCUT2D eigenvalue weighted by molar-refractivity contribution is -0.239. The molecular formula is C28H36F2N6O4S. The lowest BCUT2D eigenvalue weighted by Crippen LogP contribution is -2.37. The summed E-state index contributed by atoms with van der Waals surface area (Å²) >= 11 is 1.54. The fraction of sp³-hybridized carbons (Fsp3) is 0.607. The van der Waals surface area contributed by atoms with Crippen LogP contribution in [0.25, 0.3) is 11.2 Å². The van der Waals surface area contributed by atoms with Crippen molar-refractivity contribution in [1.82, 2.24) is 25.0 Å². The van der Waals surface area contributed by atoms with Crippen molar-refractivity contribution in [3.8, 4) is 0 Å². The summed E-state index contributed by atoms with van der Waals surface area (Å²) in [4.78, 5) is 14.1. The molecular weight excluding hydrogens is 554 g/mol. The fourth-order valence-electron chi connectivity index (χ4n) is 5.11. The first-order valence-electron chi connectivity index (χ1n) is 13.9. The largest absolute Gasteiger partial charge is 0.394 e. The second-order valence-electron chi connectivity index (χ2n) is 10.9. The Hall–Kier alpha value is -2.58. The van der Waals surface area contributed by atoms with E-state index in [1.807, 2.05) is 20.1 Å². The number of aliphatic hydroxyl groups excluding tert-OH is 1. The van der Waals surface area contributed by atoms with Crippen LogP contribution in [0.1, 0.15) is 64.0 Å². The van der Waals surface area contributed by atoms with E-state index in [-0.39, 0.29) is 43.3 Å². The molecule has 1 N–H and O–H groups in total. The molecule has 2 heterocycles. The van der Waals surface area contributed by atoms with E-state index in [0.717, 1.165) is 30.2 Å². The maximum Gasteiger partial charge on any atom is 0.191 e. The third kappa shape index (κ3) is 6.91. The van der Waals surface area contributed by atoms with Gasteiger partial charge in [-0.1, -0.05) is 30.0 Å². The molecule has 2 aliphatic rings. The molecule has 2 fully saturated rings. The summed E-state index contributed by atoms with van der Waals surface area (Å²) in [7, 11) is 1.59. The van der Waals surface area contributed by atoms with Gasteiger partial charge in [0.05, 0.1) is 31.5 Å². The Morgan fingerprint density at radius 3 is 2.71 bits per heavy atom. The first-order valence-corrected chi connectivity index (χ1v) is 14.9. The molecule has 0 amide bonds. The van der Waals surface area contributed by atoms with E-state index in [2.05, 4.69) is 27.2 Å². The number of aromatic nitrogens is 5. The van der Waals surface area contributed by atoms with E-state index >= 15 is 0 Å². The monoisotopic (exact) mass is 590 g/mol. The molecule has 0 bridgehead atoms. The summed E-state index contributed by atoms with van der Waals surface area (Å²) in [5.74, 6) is -1.05. The maximum absolute atomic E-state index is 13.7. The number of aliphatic imine (C=N–C) groups is 1. The van der Waals surface area contributed by atoms with Crippen LogP contribution in [0.3, 0.4) is 0 Å². The Kier molecular flexibility index (Phi) is 9.29. The molecule has 10 nitrogen and oxygen atoms in total. The number of fused-ring (bicyclic) bond motifs is 1. The van der Waals surface area contributed by atoms with Crippen LogP contribution in [0.4, 0.5) is 14.6 Å². The zero-order valence-electron chi connectivity index (χ0n) is 23.7. The summed E-state index contributed by atoms with van der Waals surface area (Å²) in [6.07, 6.45) is 4.21. The zero-order valence-corrected chi connectivity index (χ0v) is 24.5. The number of hydrogen-bond donors (Lipinski definition) is 1. The van der Waals surface area contributed by atoms with Crippen LogP contribution in [0.15, 0.2) is 28.3 Å². The second kappa shape index (κ2) is 12.7. The van der Waals surface area contributed by atoms with Crippen LogP contribution < -0.4 is 0 Å². The summed E-state index contributed by atoms with van der Waals surface area (Å²) in [5, 5.41) is 18.8. The number of hydrogen-bond acceptors (Lipinski definition) is 10. The van der Waals surface area contributed by atoms with Crippen molar-refractivity contribution in [3.05, 3.63) is 35.4 Å². The third-order valence-corrected chi connectivity index (χ3v) is 8.49. The Balaban J connectivity index is 1.41. The predicted octanol–water partition coefficient (Wildman–Crippen LogP) is 4.99. The van der Waals surface area contributed by atoms with Gasteiger partial charge in [0.2, 0.25) is 0 Å². The van der Waals surface area contributed by atoms with Crippen molar-refractivity contribution in [2.24, 2.45) is 10.9 Å². The minimum atomic E-state index is -0.850. The van der Waals surface area contributed by atoms with E-state index in [1.165, 1.54) is 6.07 Å². The number of methoxy groups -OCH3 is 1. The molecule has 0 aliphatic heterocycles. The van der Waals surface area contributed by atoms with Gasteiger partial charge in [-0.25, -0.2) is 28.4 Å². The van der Waals surface area contributed by atoms with Crippen molar-refractivity contribution in [2.75, 3.05) is 26.1 Å². The lowest BCUT2D eigenvalue weighted by atomic mass is 10.1. The maximum atomic E-state index is 13.7. The molecule has 2 saturated carbocycles. The second-order valence-corrected chi connectivity index (χ2v) is 11.9. The number of ether oxygens (including phenoxy) is 3. The standard InChI is InChI=1S/C28H36F2N6O4S/c1-5-10-41-27-32-25(31-15-17-11-19(17)16-6-7-20(29)21(30)12-16)24-26(33-27)36(35-34-24)18-13-22(39-9-8-37)23(14-18)40-28(2,3)38-4/h6-7,12,15,17-19,22-23,37H,5,8-11,13-14H2,1-4H3. The Labute approximate surface area is 241 Å². The highest BCUT2D eigenvalue weighted by molar-refractivity contribution is 7.99. The first kappa shape index (κ1) is 29.9.